The maximum atomic E-state index is 14.2. The zero-order valence-corrected chi connectivity index (χ0v) is 15.3. The van der Waals surface area contributed by atoms with Crippen molar-refractivity contribution >= 4 is 5.97 Å². The number of halogens is 1. The number of ether oxygens (including phenoxy) is 2. The van der Waals surface area contributed by atoms with Gasteiger partial charge in [0.15, 0.2) is 6.29 Å². The summed E-state index contributed by atoms with van der Waals surface area (Å²) in [6.45, 7) is 0.321. The Morgan fingerprint density at radius 3 is 2.54 bits per heavy atom. The van der Waals surface area contributed by atoms with Crippen molar-refractivity contribution in [2.45, 2.75) is 31.7 Å². The molecule has 2 aromatic rings. The van der Waals surface area contributed by atoms with Crippen molar-refractivity contribution in [2.75, 3.05) is 6.61 Å². The highest BCUT2D eigenvalue weighted by Gasteiger charge is 2.35. The fourth-order valence-corrected chi connectivity index (χ4v) is 3.25. The van der Waals surface area contributed by atoms with E-state index in [1.54, 1.807) is 36.4 Å². The molecule has 0 saturated carbocycles. The van der Waals surface area contributed by atoms with Crippen molar-refractivity contribution in [1.82, 2.24) is 0 Å². The molecule has 28 heavy (non-hydrogen) atoms. The van der Waals surface area contributed by atoms with E-state index in [4.69, 9.17) is 14.6 Å². The van der Waals surface area contributed by atoms with E-state index < -0.39 is 24.2 Å². The summed E-state index contributed by atoms with van der Waals surface area (Å²) in [5.74, 6) is -1.23. The van der Waals surface area contributed by atoms with Crippen molar-refractivity contribution in [3.63, 3.8) is 0 Å². The molecule has 1 heterocycles. The summed E-state index contributed by atoms with van der Waals surface area (Å²) in [6, 6.07) is 13.2. The molecule has 5 nitrogen and oxygen atoms in total. The van der Waals surface area contributed by atoms with Crippen LogP contribution in [-0.4, -0.2) is 22.8 Å². The van der Waals surface area contributed by atoms with Crippen LogP contribution in [0.2, 0.25) is 0 Å². The Balaban J connectivity index is 1.77. The largest absolute Gasteiger partial charge is 0.508 e. The van der Waals surface area contributed by atoms with Crippen LogP contribution in [0.4, 0.5) is 4.39 Å². The molecule has 0 aliphatic carbocycles. The fraction of sp³-hybridized carbons (Fsp3) is 0.318. The average Bonchev–Trinajstić information content (AvgIpc) is 2.68. The summed E-state index contributed by atoms with van der Waals surface area (Å²) < 4.78 is 26.0. The van der Waals surface area contributed by atoms with Crippen molar-refractivity contribution in [1.29, 1.82) is 0 Å². The minimum absolute atomic E-state index is 0.0758. The van der Waals surface area contributed by atoms with Crippen molar-refractivity contribution in [3.05, 3.63) is 77.6 Å². The molecule has 0 radical (unpaired) electrons. The molecule has 1 aliphatic rings. The fourth-order valence-electron chi connectivity index (χ4n) is 3.25. The number of phenolic OH excluding ortho intramolecular Hbond substituents is 1. The Bertz CT molecular complexity index is 835. The summed E-state index contributed by atoms with van der Waals surface area (Å²) in [6.07, 6.45) is 3.48. The summed E-state index contributed by atoms with van der Waals surface area (Å²) in [7, 11) is 0. The lowest BCUT2D eigenvalue weighted by molar-refractivity contribution is -0.245. The van der Waals surface area contributed by atoms with Gasteiger partial charge in [-0.3, -0.25) is 4.79 Å². The van der Waals surface area contributed by atoms with E-state index in [1.165, 1.54) is 6.07 Å². The minimum atomic E-state index is -0.863. The van der Waals surface area contributed by atoms with Crippen LogP contribution in [0.15, 0.2) is 60.7 Å². The van der Waals surface area contributed by atoms with Crippen molar-refractivity contribution in [3.8, 4) is 5.75 Å². The highest BCUT2D eigenvalue weighted by molar-refractivity contribution is 5.66. The van der Waals surface area contributed by atoms with Gasteiger partial charge in [0.05, 0.1) is 12.7 Å². The highest BCUT2D eigenvalue weighted by Crippen LogP contribution is 2.42. The first-order chi connectivity index (χ1) is 13.6. The molecule has 2 N–H and O–H groups in total. The van der Waals surface area contributed by atoms with Crippen LogP contribution in [0, 0.1) is 11.7 Å². The SMILES string of the molecule is O=C(O)CCC=CC[C@@H]1COC(c2ccccc2F)O[C@@H]1c1ccccc1O. The number of phenols is 1. The number of carbonyl (C=O) groups is 1. The molecule has 0 bridgehead atoms. The molecule has 1 saturated heterocycles. The van der Waals surface area contributed by atoms with Gasteiger partial charge in [0.25, 0.3) is 0 Å². The minimum Gasteiger partial charge on any atom is -0.508 e. The summed E-state index contributed by atoms with van der Waals surface area (Å²) in [5, 5.41) is 19.0. The summed E-state index contributed by atoms with van der Waals surface area (Å²) in [5.41, 5.74) is 0.939. The van der Waals surface area contributed by atoms with Gasteiger partial charge in [0.1, 0.15) is 11.6 Å². The number of benzene rings is 2. The maximum absolute atomic E-state index is 14.2. The van der Waals surface area contributed by atoms with Gasteiger partial charge in [0, 0.05) is 23.5 Å². The zero-order chi connectivity index (χ0) is 19.9. The third-order valence-electron chi connectivity index (χ3n) is 4.69. The standard InChI is InChI=1S/C22H23FO5/c23-18-11-6-4-9-16(18)22-27-14-15(8-2-1-3-13-20(25)26)21(28-22)17-10-5-7-12-19(17)24/h1-2,4-7,9-12,15,21-22,24H,3,8,13-14H2,(H,25,26)/t15-,21+,22?/m1/s1. The lowest BCUT2D eigenvalue weighted by Gasteiger charge is -2.37. The predicted molar refractivity (Wildman–Crippen MR) is 101 cm³/mol. The van der Waals surface area contributed by atoms with E-state index in [0.29, 0.717) is 30.6 Å². The second kappa shape index (κ2) is 9.48. The Labute approximate surface area is 163 Å². The molecule has 3 rings (SSSR count). The third-order valence-corrected chi connectivity index (χ3v) is 4.69. The van der Waals surface area contributed by atoms with Crippen LogP contribution in [-0.2, 0) is 14.3 Å². The molecule has 148 valence electrons. The van der Waals surface area contributed by atoms with E-state index in [-0.39, 0.29) is 18.1 Å². The van der Waals surface area contributed by atoms with Crippen LogP contribution in [0.3, 0.4) is 0 Å². The molecule has 1 fully saturated rings. The number of aromatic hydroxyl groups is 1. The second-order valence-electron chi connectivity index (χ2n) is 6.70. The first-order valence-electron chi connectivity index (χ1n) is 9.22. The number of aliphatic carboxylic acids is 1. The molecule has 1 unspecified atom stereocenters. The number of allylic oxidation sites excluding steroid dienone is 2. The van der Waals surface area contributed by atoms with Gasteiger partial charge in [-0.2, -0.15) is 0 Å². The van der Waals surface area contributed by atoms with E-state index in [9.17, 15) is 14.3 Å². The number of carboxylic acid groups (broad SMARTS) is 1. The molecule has 3 atom stereocenters. The van der Waals surface area contributed by atoms with Crippen LogP contribution in [0.1, 0.15) is 42.8 Å². The Morgan fingerprint density at radius 2 is 1.82 bits per heavy atom. The first kappa shape index (κ1) is 20.0. The molecule has 1 aliphatic heterocycles. The molecular formula is C22H23FO5. The van der Waals surface area contributed by atoms with Gasteiger partial charge in [0.2, 0.25) is 0 Å². The molecule has 6 heteroatoms. The quantitative estimate of drug-likeness (QED) is 0.672. The normalized spacial score (nSPS) is 22.4. The van der Waals surface area contributed by atoms with Crippen molar-refractivity contribution < 1.29 is 28.9 Å². The van der Waals surface area contributed by atoms with Gasteiger partial charge in [-0.05, 0) is 25.0 Å². The van der Waals surface area contributed by atoms with Gasteiger partial charge >= 0.3 is 5.97 Å². The van der Waals surface area contributed by atoms with Crippen LogP contribution >= 0.6 is 0 Å². The zero-order valence-electron chi connectivity index (χ0n) is 15.3. The number of hydrogen-bond donors (Lipinski definition) is 2. The predicted octanol–water partition coefficient (Wildman–Crippen LogP) is 4.75. The smallest absolute Gasteiger partial charge is 0.303 e. The molecule has 0 aromatic heterocycles. The lowest BCUT2D eigenvalue weighted by atomic mass is 9.91. The number of rotatable bonds is 7. The van der Waals surface area contributed by atoms with E-state index >= 15 is 0 Å². The molecule has 2 aromatic carbocycles. The monoisotopic (exact) mass is 386 g/mol. The van der Waals surface area contributed by atoms with Gasteiger partial charge < -0.3 is 19.7 Å². The number of para-hydroxylation sites is 1. The highest BCUT2D eigenvalue weighted by atomic mass is 19.1. The molecule has 0 amide bonds. The lowest BCUT2D eigenvalue weighted by Crippen LogP contribution is -2.30. The number of carboxylic acids is 1. The van der Waals surface area contributed by atoms with Crippen LogP contribution in [0.5, 0.6) is 5.75 Å². The number of hydrogen-bond acceptors (Lipinski definition) is 4. The van der Waals surface area contributed by atoms with Gasteiger partial charge in [-0.25, -0.2) is 4.39 Å². The van der Waals surface area contributed by atoms with Crippen molar-refractivity contribution in [2.24, 2.45) is 5.92 Å². The van der Waals surface area contributed by atoms with Crippen LogP contribution in [0.25, 0.3) is 0 Å². The summed E-state index contributed by atoms with van der Waals surface area (Å²) in [4.78, 5) is 10.6. The topological polar surface area (TPSA) is 76.0 Å². The second-order valence-corrected chi connectivity index (χ2v) is 6.70. The van der Waals surface area contributed by atoms with E-state index in [2.05, 4.69) is 0 Å². The first-order valence-corrected chi connectivity index (χ1v) is 9.22. The molecule has 0 spiro atoms. The van der Waals surface area contributed by atoms with E-state index in [0.717, 1.165) is 0 Å². The Morgan fingerprint density at radius 1 is 1.11 bits per heavy atom. The maximum Gasteiger partial charge on any atom is 0.303 e. The Kier molecular flexibility index (Phi) is 6.79. The summed E-state index contributed by atoms with van der Waals surface area (Å²) >= 11 is 0. The van der Waals surface area contributed by atoms with Gasteiger partial charge in [-0.1, -0.05) is 48.6 Å². The van der Waals surface area contributed by atoms with Crippen LogP contribution < -0.4 is 0 Å². The van der Waals surface area contributed by atoms with E-state index in [1.807, 2.05) is 18.2 Å². The van der Waals surface area contributed by atoms with Gasteiger partial charge in [-0.15, -0.1) is 0 Å². The molecular weight excluding hydrogens is 363 g/mol. The average molecular weight is 386 g/mol. The Hall–Kier alpha value is -2.70. The third kappa shape index (κ3) is 4.97.